The fourth-order valence-electron chi connectivity index (χ4n) is 3.72. The third-order valence-corrected chi connectivity index (χ3v) is 5.21. The maximum absolute atomic E-state index is 12.8. The lowest BCUT2D eigenvalue weighted by Crippen LogP contribution is -2.15. The van der Waals surface area contributed by atoms with Gasteiger partial charge in [-0.15, -0.1) is 5.10 Å². The molecule has 0 atom stereocenters. The fraction of sp³-hybridized carbons (Fsp3) is 0.273. The van der Waals surface area contributed by atoms with Gasteiger partial charge in [-0.3, -0.25) is 15.2 Å². The highest BCUT2D eigenvalue weighted by atomic mass is 16.5. The first-order valence-corrected chi connectivity index (χ1v) is 10.1. The average Bonchev–Trinajstić information content (AvgIpc) is 3.44. The highest BCUT2D eigenvalue weighted by Crippen LogP contribution is 2.21. The van der Waals surface area contributed by atoms with Crippen molar-refractivity contribution < 1.29 is 14.3 Å². The minimum atomic E-state index is -0.486. The molecule has 0 unspecified atom stereocenters. The van der Waals surface area contributed by atoms with Crippen molar-refractivity contribution in [3.05, 3.63) is 64.4 Å². The van der Waals surface area contributed by atoms with E-state index < -0.39 is 5.97 Å². The summed E-state index contributed by atoms with van der Waals surface area (Å²) < 4.78 is 5.03. The normalized spacial score (nSPS) is 11.1. The molecule has 4 N–H and O–H groups in total. The first-order chi connectivity index (χ1) is 15.0. The maximum atomic E-state index is 12.8. The van der Waals surface area contributed by atoms with E-state index in [2.05, 4.69) is 36.5 Å². The van der Waals surface area contributed by atoms with Crippen molar-refractivity contribution in [3.8, 4) is 0 Å². The van der Waals surface area contributed by atoms with Gasteiger partial charge in [-0.25, -0.2) is 4.79 Å². The molecule has 3 heterocycles. The summed E-state index contributed by atoms with van der Waals surface area (Å²) in [4.78, 5) is 35.4. The van der Waals surface area contributed by atoms with Crippen molar-refractivity contribution in [2.75, 3.05) is 11.9 Å². The Hall–Kier alpha value is -3.88. The molecule has 4 aromatic rings. The van der Waals surface area contributed by atoms with Crippen molar-refractivity contribution >= 4 is 28.7 Å². The number of aryl methyl sites for hydroxylation is 3. The molecule has 0 saturated carbocycles. The lowest BCUT2D eigenvalue weighted by molar-refractivity contribution is 0.0519. The Kier molecular flexibility index (Phi) is 5.57. The van der Waals surface area contributed by atoms with Gasteiger partial charge in [0, 0.05) is 29.2 Å². The average molecular weight is 420 g/mol. The number of hydrogen-bond acceptors (Lipinski definition) is 5. The molecule has 0 fully saturated rings. The van der Waals surface area contributed by atoms with E-state index in [0.29, 0.717) is 29.1 Å². The van der Waals surface area contributed by atoms with Gasteiger partial charge in [0.05, 0.1) is 12.2 Å². The number of benzene rings is 1. The zero-order valence-corrected chi connectivity index (χ0v) is 17.6. The van der Waals surface area contributed by atoms with Gasteiger partial charge < -0.3 is 14.7 Å². The Morgan fingerprint density at radius 3 is 2.77 bits per heavy atom. The van der Waals surface area contributed by atoms with Gasteiger partial charge in [0.15, 0.2) is 0 Å². The Morgan fingerprint density at radius 1 is 1.16 bits per heavy atom. The van der Waals surface area contributed by atoms with Crippen molar-refractivity contribution in [3.63, 3.8) is 0 Å². The highest BCUT2D eigenvalue weighted by molar-refractivity contribution is 6.07. The Bertz CT molecular complexity index is 1250. The Labute approximate surface area is 178 Å². The number of nitrogens with one attached hydrogen (secondary N) is 4. The molecule has 160 valence electrons. The van der Waals surface area contributed by atoms with Crippen LogP contribution >= 0.6 is 0 Å². The standard InChI is InChI=1S/C22H24N6O3/c1-4-31-21(30)19-12(2)18(13(3)24-19)20(29)26-22-25-17(27-28-22)10-9-14-11-23-16-8-6-5-7-15(14)16/h5-8,11,23-24H,4,9-10H2,1-3H3,(H2,25,26,27,28,29). The van der Waals surface area contributed by atoms with Crippen LogP contribution in [-0.2, 0) is 17.6 Å². The lowest BCUT2D eigenvalue weighted by Gasteiger charge is -2.03. The van der Waals surface area contributed by atoms with Crippen molar-refractivity contribution in [2.45, 2.75) is 33.6 Å². The van der Waals surface area contributed by atoms with E-state index in [1.165, 1.54) is 10.9 Å². The molecule has 9 nitrogen and oxygen atoms in total. The molecule has 0 radical (unpaired) electrons. The van der Waals surface area contributed by atoms with Crippen molar-refractivity contribution in [1.29, 1.82) is 0 Å². The monoisotopic (exact) mass is 420 g/mol. The van der Waals surface area contributed by atoms with E-state index in [1.54, 1.807) is 20.8 Å². The summed E-state index contributed by atoms with van der Waals surface area (Å²) in [5, 5.41) is 10.9. The molecule has 3 aromatic heterocycles. The van der Waals surface area contributed by atoms with Crippen LogP contribution in [0.4, 0.5) is 5.95 Å². The zero-order chi connectivity index (χ0) is 22.0. The summed E-state index contributed by atoms with van der Waals surface area (Å²) in [5.41, 5.74) is 4.06. The molecule has 1 amide bonds. The molecular weight excluding hydrogens is 396 g/mol. The molecule has 0 aliphatic rings. The predicted molar refractivity (Wildman–Crippen MR) is 116 cm³/mol. The largest absolute Gasteiger partial charge is 0.461 e. The summed E-state index contributed by atoms with van der Waals surface area (Å²) in [6.07, 6.45) is 3.44. The second-order valence-electron chi connectivity index (χ2n) is 7.26. The second-order valence-corrected chi connectivity index (χ2v) is 7.26. The fourth-order valence-corrected chi connectivity index (χ4v) is 3.72. The Morgan fingerprint density at radius 2 is 1.97 bits per heavy atom. The van der Waals surface area contributed by atoms with Gasteiger partial charge in [-0.05, 0) is 44.4 Å². The number of carbonyl (C=O) groups excluding carboxylic acids is 2. The highest BCUT2D eigenvalue weighted by Gasteiger charge is 2.23. The minimum Gasteiger partial charge on any atom is -0.461 e. The summed E-state index contributed by atoms with van der Waals surface area (Å²) in [6, 6.07) is 8.14. The smallest absolute Gasteiger partial charge is 0.355 e. The van der Waals surface area contributed by atoms with Gasteiger partial charge >= 0.3 is 5.97 Å². The van der Waals surface area contributed by atoms with Crippen LogP contribution in [0.15, 0.2) is 30.5 Å². The maximum Gasteiger partial charge on any atom is 0.355 e. The summed E-state index contributed by atoms with van der Waals surface area (Å²) in [5.74, 6) is -0.00416. The van der Waals surface area contributed by atoms with Crippen molar-refractivity contribution in [2.24, 2.45) is 0 Å². The summed E-state index contributed by atoms with van der Waals surface area (Å²) in [6.45, 7) is 5.43. The molecule has 31 heavy (non-hydrogen) atoms. The topological polar surface area (TPSA) is 129 Å². The molecular formula is C22H24N6O3. The van der Waals surface area contributed by atoms with E-state index in [0.717, 1.165) is 11.9 Å². The minimum absolute atomic E-state index is 0.191. The number of rotatable bonds is 7. The van der Waals surface area contributed by atoms with Crippen LogP contribution in [0.3, 0.4) is 0 Å². The number of aromatic amines is 3. The van der Waals surface area contributed by atoms with E-state index >= 15 is 0 Å². The first-order valence-electron chi connectivity index (χ1n) is 10.1. The number of nitrogens with zero attached hydrogens (tertiary/aromatic N) is 2. The molecule has 4 rings (SSSR count). The first kappa shape index (κ1) is 20.4. The van der Waals surface area contributed by atoms with Gasteiger partial charge in [0.2, 0.25) is 5.95 Å². The van der Waals surface area contributed by atoms with E-state index in [-0.39, 0.29) is 24.2 Å². The molecule has 0 saturated heterocycles. The Balaban J connectivity index is 1.43. The van der Waals surface area contributed by atoms with E-state index in [9.17, 15) is 9.59 Å². The van der Waals surface area contributed by atoms with Gasteiger partial charge in [0.1, 0.15) is 11.5 Å². The molecule has 0 aliphatic heterocycles. The van der Waals surface area contributed by atoms with Crippen LogP contribution in [0.2, 0.25) is 0 Å². The summed E-state index contributed by atoms with van der Waals surface area (Å²) >= 11 is 0. The number of H-pyrrole nitrogens is 3. The van der Waals surface area contributed by atoms with Gasteiger partial charge in [-0.1, -0.05) is 18.2 Å². The van der Waals surface area contributed by atoms with Crippen LogP contribution in [-0.4, -0.2) is 43.6 Å². The quantitative estimate of drug-likeness (QED) is 0.340. The predicted octanol–water partition coefficient (Wildman–Crippen LogP) is 3.45. The number of fused-ring (bicyclic) bond motifs is 1. The number of amides is 1. The number of esters is 1. The number of ether oxygens (including phenoxy) is 1. The lowest BCUT2D eigenvalue weighted by atomic mass is 10.1. The molecule has 0 aliphatic carbocycles. The van der Waals surface area contributed by atoms with Crippen molar-refractivity contribution in [1.82, 2.24) is 25.1 Å². The van der Waals surface area contributed by atoms with Crippen LogP contribution < -0.4 is 5.32 Å². The molecule has 0 spiro atoms. The third-order valence-electron chi connectivity index (χ3n) is 5.21. The second kappa shape index (κ2) is 8.47. The number of aromatic nitrogens is 5. The zero-order valence-electron chi connectivity index (χ0n) is 17.6. The van der Waals surface area contributed by atoms with Crippen LogP contribution in [0, 0.1) is 13.8 Å². The molecule has 1 aromatic carbocycles. The third kappa shape index (κ3) is 4.07. The number of anilines is 1. The van der Waals surface area contributed by atoms with E-state index in [4.69, 9.17) is 4.74 Å². The van der Waals surface area contributed by atoms with Gasteiger partial charge in [0.25, 0.3) is 5.91 Å². The molecule has 0 bridgehead atoms. The van der Waals surface area contributed by atoms with Gasteiger partial charge in [-0.2, -0.15) is 4.98 Å². The number of carbonyl (C=O) groups is 2. The summed E-state index contributed by atoms with van der Waals surface area (Å²) in [7, 11) is 0. The van der Waals surface area contributed by atoms with Crippen LogP contribution in [0.1, 0.15) is 50.4 Å². The van der Waals surface area contributed by atoms with E-state index in [1.807, 2.05) is 24.4 Å². The molecule has 9 heteroatoms. The number of para-hydroxylation sites is 1. The number of hydrogen-bond donors (Lipinski definition) is 4. The SMILES string of the molecule is CCOC(=O)c1[nH]c(C)c(C(=O)Nc2n[nH]c(CCc3c[nH]c4ccccc34)n2)c1C. The van der Waals surface area contributed by atoms with Crippen LogP contribution in [0.25, 0.3) is 10.9 Å². The van der Waals surface area contributed by atoms with Crippen LogP contribution in [0.5, 0.6) is 0 Å².